The first-order valence-electron chi connectivity index (χ1n) is 7.91. The van der Waals surface area contributed by atoms with Crippen LogP contribution in [-0.4, -0.2) is 15.9 Å². The minimum absolute atomic E-state index is 0.0177. The number of aromatic nitrogens is 2. The number of rotatable bonds is 2. The maximum absolute atomic E-state index is 14.6. The molecular weight excluding hydrogens is 340 g/mol. The van der Waals surface area contributed by atoms with E-state index >= 15 is 0 Å². The summed E-state index contributed by atoms with van der Waals surface area (Å²) >= 11 is 0. The number of pyridine rings is 2. The Labute approximate surface area is 147 Å². The number of carbonyl (C=O) groups is 1. The molecule has 1 aromatic carbocycles. The van der Waals surface area contributed by atoms with Crippen LogP contribution in [0.1, 0.15) is 36.8 Å². The van der Waals surface area contributed by atoms with Crippen LogP contribution in [0.25, 0.3) is 22.2 Å². The summed E-state index contributed by atoms with van der Waals surface area (Å²) in [4.78, 5) is 30.5. The van der Waals surface area contributed by atoms with Gasteiger partial charge in [0.25, 0.3) is 5.91 Å². The molecule has 5 nitrogen and oxygen atoms in total. The van der Waals surface area contributed by atoms with Crippen molar-refractivity contribution in [2.45, 2.75) is 26.2 Å². The van der Waals surface area contributed by atoms with E-state index in [4.69, 9.17) is 5.73 Å². The van der Waals surface area contributed by atoms with Crippen LogP contribution in [-0.2, 0) is 5.41 Å². The van der Waals surface area contributed by atoms with Crippen molar-refractivity contribution in [2.24, 2.45) is 5.73 Å². The van der Waals surface area contributed by atoms with Crippen molar-refractivity contribution in [1.82, 2.24) is 9.97 Å². The number of halogens is 2. The van der Waals surface area contributed by atoms with Gasteiger partial charge >= 0.3 is 0 Å². The molecule has 0 aliphatic carbocycles. The summed E-state index contributed by atoms with van der Waals surface area (Å²) in [6, 6.07) is 4.98. The lowest BCUT2D eigenvalue weighted by molar-refractivity contribution is 0.0997. The summed E-state index contributed by atoms with van der Waals surface area (Å²) in [6.07, 6.45) is 1.29. The van der Waals surface area contributed by atoms with Gasteiger partial charge in [0.05, 0.1) is 22.2 Å². The van der Waals surface area contributed by atoms with Crippen molar-refractivity contribution < 1.29 is 13.6 Å². The molecule has 0 saturated carbocycles. The van der Waals surface area contributed by atoms with Gasteiger partial charge in [-0.15, -0.1) is 0 Å². The van der Waals surface area contributed by atoms with Gasteiger partial charge in [-0.3, -0.25) is 14.6 Å². The molecule has 134 valence electrons. The fourth-order valence-corrected chi connectivity index (χ4v) is 2.78. The van der Waals surface area contributed by atoms with E-state index in [2.05, 4.69) is 9.97 Å². The molecule has 0 bridgehead atoms. The third-order valence-electron chi connectivity index (χ3n) is 4.15. The highest BCUT2D eigenvalue weighted by atomic mass is 19.1. The van der Waals surface area contributed by atoms with E-state index in [1.165, 1.54) is 24.4 Å². The molecule has 0 aliphatic heterocycles. The topological polar surface area (TPSA) is 88.8 Å². The van der Waals surface area contributed by atoms with Crippen molar-refractivity contribution in [1.29, 1.82) is 0 Å². The van der Waals surface area contributed by atoms with Gasteiger partial charge in [-0.1, -0.05) is 20.8 Å². The van der Waals surface area contributed by atoms with Crippen molar-refractivity contribution in [3.05, 3.63) is 63.6 Å². The molecule has 26 heavy (non-hydrogen) atoms. The summed E-state index contributed by atoms with van der Waals surface area (Å²) in [5.74, 6) is -2.43. The molecular formula is C19H17F2N3O2. The molecule has 0 fully saturated rings. The Morgan fingerprint density at radius 1 is 1.15 bits per heavy atom. The Morgan fingerprint density at radius 3 is 2.31 bits per heavy atom. The maximum Gasteiger partial charge on any atom is 0.268 e. The fourth-order valence-electron chi connectivity index (χ4n) is 2.78. The number of benzene rings is 1. The number of aromatic amines is 1. The van der Waals surface area contributed by atoms with Gasteiger partial charge in [0.15, 0.2) is 5.43 Å². The summed E-state index contributed by atoms with van der Waals surface area (Å²) in [7, 11) is 0. The Bertz CT molecular complexity index is 1080. The van der Waals surface area contributed by atoms with Gasteiger partial charge in [0.2, 0.25) is 0 Å². The van der Waals surface area contributed by atoms with E-state index < -0.39 is 28.4 Å². The van der Waals surface area contributed by atoms with Gasteiger partial charge < -0.3 is 10.7 Å². The molecule has 0 spiro atoms. The highest BCUT2D eigenvalue weighted by molar-refractivity contribution is 6.03. The van der Waals surface area contributed by atoms with E-state index in [9.17, 15) is 18.4 Å². The van der Waals surface area contributed by atoms with Gasteiger partial charge in [-0.25, -0.2) is 8.78 Å². The van der Waals surface area contributed by atoms with E-state index in [-0.39, 0.29) is 27.9 Å². The minimum Gasteiger partial charge on any atom is -0.364 e. The smallest absolute Gasteiger partial charge is 0.268 e. The van der Waals surface area contributed by atoms with Crippen LogP contribution >= 0.6 is 0 Å². The van der Waals surface area contributed by atoms with Crippen LogP contribution in [0.5, 0.6) is 0 Å². The monoisotopic (exact) mass is 357 g/mol. The zero-order chi connectivity index (χ0) is 19.2. The standard InChI is InChI=1S/C19H17F2N3O2/c1-19(2,3)9-6-10(20)15(11(21)7-9)13-8-14(25)16-12(24-13)4-5-23-17(16)18(22)26/h4-8H,1-3H3,(H2,22,26)(H,24,25). The summed E-state index contributed by atoms with van der Waals surface area (Å²) in [5.41, 5.74) is 4.35. The summed E-state index contributed by atoms with van der Waals surface area (Å²) in [6.45, 7) is 5.53. The van der Waals surface area contributed by atoms with E-state index in [0.29, 0.717) is 5.56 Å². The average molecular weight is 357 g/mol. The number of nitrogens with zero attached hydrogens (tertiary/aromatic N) is 1. The van der Waals surface area contributed by atoms with Crippen molar-refractivity contribution in [3.8, 4) is 11.3 Å². The number of hydrogen-bond donors (Lipinski definition) is 2. The van der Waals surface area contributed by atoms with Crippen LogP contribution < -0.4 is 11.2 Å². The minimum atomic E-state index is -0.860. The van der Waals surface area contributed by atoms with E-state index in [1.54, 1.807) is 0 Å². The molecule has 3 rings (SSSR count). The molecule has 7 heteroatoms. The molecule has 0 saturated heterocycles. The largest absolute Gasteiger partial charge is 0.364 e. The zero-order valence-electron chi connectivity index (χ0n) is 14.5. The predicted octanol–water partition coefficient (Wildman–Crippen LogP) is 3.26. The first-order chi connectivity index (χ1) is 12.1. The summed E-state index contributed by atoms with van der Waals surface area (Å²) < 4.78 is 29.2. The van der Waals surface area contributed by atoms with Crippen molar-refractivity contribution >= 4 is 16.8 Å². The normalized spacial score (nSPS) is 11.7. The van der Waals surface area contributed by atoms with E-state index in [1.807, 2.05) is 20.8 Å². The van der Waals surface area contributed by atoms with Gasteiger partial charge in [0.1, 0.15) is 17.3 Å². The Morgan fingerprint density at radius 2 is 1.77 bits per heavy atom. The van der Waals surface area contributed by atoms with E-state index in [0.717, 1.165) is 6.07 Å². The number of nitrogens with two attached hydrogens (primary N) is 1. The molecule has 3 aromatic rings. The van der Waals surface area contributed by atoms with Crippen LogP contribution in [0.2, 0.25) is 0 Å². The van der Waals surface area contributed by atoms with Crippen LogP contribution in [0.4, 0.5) is 8.78 Å². The number of H-pyrrole nitrogens is 1. The number of fused-ring (bicyclic) bond motifs is 1. The second-order valence-electron chi connectivity index (χ2n) is 7.06. The molecule has 2 heterocycles. The first kappa shape index (κ1) is 17.7. The highest BCUT2D eigenvalue weighted by Crippen LogP contribution is 2.31. The third kappa shape index (κ3) is 2.96. The van der Waals surface area contributed by atoms with Crippen LogP contribution in [0, 0.1) is 11.6 Å². The lowest BCUT2D eigenvalue weighted by atomic mass is 9.86. The predicted molar refractivity (Wildman–Crippen MR) is 94.9 cm³/mol. The van der Waals surface area contributed by atoms with Crippen LogP contribution in [0.3, 0.4) is 0 Å². The number of nitrogens with one attached hydrogen (secondary N) is 1. The molecule has 1 amide bonds. The molecule has 0 unspecified atom stereocenters. The SMILES string of the molecule is CC(C)(C)c1cc(F)c(-c2cc(=O)c3c(C(N)=O)nccc3[nH]2)c(F)c1. The Kier molecular flexibility index (Phi) is 4.10. The molecule has 0 radical (unpaired) electrons. The highest BCUT2D eigenvalue weighted by Gasteiger charge is 2.22. The lowest BCUT2D eigenvalue weighted by Crippen LogP contribution is -2.18. The number of amides is 1. The van der Waals surface area contributed by atoms with Crippen molar-refractivity contribution in [3.63, 3.8) is 0 Å². The molecule has 0 aliphatic rings. The van der Waals surface area contributed by atoms with Gasteiger partial charge in [-0.2, -0.15) is 0 Å². The second-order valence-corrected chi connectivity index (χ2v) is 7.06. The quantitative estimate of drug-likeness (QED) is 0.738. The number of hydrogen-bond acceptors (Lipinski definition) is 3. The molecule has 3 N–H and O–H groups in total. The molecule has 0 atom stereocenters. The first-order valence-corrected chi connectivity index (χ1v) is 7.91. The molecule has 2 aromatic heterocycles. The zero-order valence-corrected chi connectivity index (χ0v) is 14.5. The Balaban J connectivity index is 2.28. The van der Waals surface area contributed by atoms with Gasteiger partial charge in [0, 0.05) is 12.3 Å². The summed E-state index contributed by atoms with van der Waals surface area (Å²) in [5, 5.41) is -0.0177. The lowest BCUT2D eigenvalue weighted by Gasteiger charge is -2.20. The fraction of sp³-hybridized carbons (Fsp3) is 0.211. The third-order valence-corrected chi connectivity index (χ3v) is 4.15. The Hall–Kier alpha value is -3.09. The number of carbonyl (C=O) groups excluding carboxylic acids is 1. The maximum atomic E-state index is 14.6. The average Bonchev–Trinajstić information content (AvgIpc) is 2.52. The van der Waals surface area contributed by atoms with Crippen LogP contribution in [0.15, 0.2) is 35.3 Å². The van der Waals surface area contributed by atoms with Gasteiger partial charge in [-0.05, 0) is 29.2 Å². The second kappa shape index (κ2) is 6.01. The number of primary amides is 1. The van der Waals surface area contributed by atoms with Crippen molar-refractivity contribution in [2.75, 3.05) is 0 Å².